The molecule has 0 amide bonds. The number of nitrogens with zero attached hydrogens (tertiary/aromatic N) is 1. The van der Waals surface area contributed by atoms with Crippen LogP contribution in [0.4, 0.5) is 5.69 Å². The van der Waals surface area contributed by atoms with E-state index in [0.717, 1.165) is 29.5 Å². The molecule has 1 rings (SSSR count). The monoisotopic (exact) mass is 207 g/mol. The molecule has 0 aromatic heterocycles. The standard InChI is InChI=1S/C13H21NO/c1-6-7-11-8-12(14(4)5)9(2)10(3)13(11)15/h8,15H,6-7H2,1-5H3. The summed E-state index contributed by atoms with van der Waals surface area (Å²) in [7, 11) is 4.07. The van der Waals surface area contributed by atoms with E-state index in [9.17, 15) is 5.11 Å². The summed E-state index contributed by atoms with van der Waals surface area (Å²) in [5.41, 5.74) is 4.43. The molecule has 84 valence electrons. The fraction of sp³-hybridized carbons (Fsp3) is 0.538. The number of rotatable bonds is 3. The summed E-state index contributed by atoms with van der Waals surface area (Å²) < 4.78 is 0. The molecule has 0 aliphatic carbocycles. The van der Waals surface area contributed by atoms with E-state index >= 15 is 0 Å². The first-order valence-corrected chi connectivity index (χ1v) is 5.48. The Hall–Kier alpha value is -1.18. The van der Waals surface area contributed by atoms with E-state index in [1.54, 1.807) is 0 Å². The van der Waals surface area contributed by atoms with Crippen molar-refractivity contribution in [2.24, 2.45) is 0 Å². The third-order valence-electron chi connectivity index (χ3n) is 2.92. The van der Waals surface area contributed by atoms with Crippen LogP contribution < -0.4 is 4.90 Å². The smallest absolute Gasteiger partial charge is 0.122 e. The Morgan fingerprint density at radius 1 is 1.20 bits per heavy atom. The van der Waals surface area contributed by atoms with E-state index in [0.29, 0.717) is 5.75 Å². The quantitative estimate of drug-likeness (QED) is 0.823. The van der Waals surface area contributed by atoms with Crippen molar-refractivity contribution in [3.8, 4) is 5.75 Å². The minimum Gasteiger partial charge on any atom is -0.507 e. The molecule has 2 heteroatoms. The predicted molar refractivity (Wildman–Crippen MR) is 65.9 cm³/mol. The average Bonchev–Trinajstić information content (AvgIpc) is 2.18. The van der Waals surface area contributed by atoms with Gasteiger partial charge in [0.1, 0.15) is 5.75 Å². The predicted octanol–water partition coefficient (Wildman–Crippen LogP) is 3.03. The van der Waals surface area contributed by atoms with Crippen molar-refractivity contribution in [1.82, 2.24) is 0 Å². The van der Waals surface area contributed by atoms with E-state index < -0.39 is 0 Å². The number of aromatic hydroxyl groups is 1. The number of anilines is 1. The van der Waals surface area contributed by atoms with Crippen LogP contribution in [0.3, 0.4) is 0 Å². The van der Waals surface area contributed by atoms with Crippen LogP contribution in [-0.4, -0.2) is 19.2 Å². The van der Waals surface area contributed by atoms with Gasteiger partial charge in [0.05, 0.1) is 0 Å². The second-order valence-electron chi connectivity index (χ2n) is 4.30. The van der Waals surface area contributed by atoms with Gasteiger partial charge in [-0.3, -0.25) is 0 Å². The zero-order chi connectivity index (χ0) is 11.6. The maximum atomic E-state index is 10.00. The molecule has 0 saturated heterocycles. The summed E-state index contributed by atoms with van der Waals surface area (Å²) in [6.07, 6.45) is 2.00. The molecule has 0 spiro atoms. The minimum atomic E-state index is 0.472. The molecule has 0 bridgehead atoms. The number of aryl methyl sites for hydroxylation is 1. The van der Waals surface area contributed by atoms with Crippen LogP contribution >= 0.6 is 0 Å². The molecule has 0 unspecified atom stereocenters. The van der Waals surface area contributed by atoms with Crippen LogP contribution in [0, 0.1) is 13.8 Å². The van der Waals surface area contributed by atoms with Crippen LogP contribution in [-0.2, 0) is 6.42 Å². The summed E-state index contributed by atoms with van der Waals surface area (Å²) >= 11 is 0. The second kappa shape index (κ2) is 4.56. The SMILES string of the molecule is CCCc1cc(N(C)C)c(C)c(C)c1O. The summed E-state index contributed by atoms with van der Waals surface area (Å²) in [5, 5.41) is 10.00. The molecule has 1 aromatic rings. The van der Waals surface area contributed by atoms with Crippen molar-refractivity contribution in [1.29, 1.82) is 0 Å². The Labute approximate surface area is 92.5 Å². The Balaban J connectivity index is 3.31. The fourth-order valence-corrected chi connectivity index (χ4v) is 1.88. The summed E-state index contributed by atoms with van der Waals surface area (Å²) in [5.74, 6) is 0.472. The lowest BCUT2D eigenvalue weighted by Gasteiger charge is -2.20. The van der Waals surface area contributed by atoms with E-state index in [-0.39, 0.29) is 0 Å². The van der Waals surface area contributed by atoms with Crippen LogP contribution in [0.1, 0.15) is 30.0 Å². The Bertz CT molecular complexity index is 356. The van der Waals surface area contributed by atoms with Gasteiger partial charge in [0.15, 0.2) is 0 Å². The third kappa shape index (κ3) is 2.25. The molecule has 0 fully saturated rings. The van der Waals surface area contributed by atoms with Crippen LogP contribution in [0.2, 0.25) is 0 Å². The normalized spacial score (nSPS) is 10.5. The number of phenols is 1. The highest BCUT2D eigenvalue weighted by molar-refractivity contribution is 5.62. The van der Waals surface area contributed by atoms with Gasteiger partial charge in [-0.05, 0) is 43.0 Å². The van der Waals surface area contributed by atoms with Crippen molar-refractivity contribution in [2.75, 3.05) is 19.0 Å². The molecule has 1 N–H and O–H groups in total. The first kappa shape index (κ1) is 11.9. The Kier molecular flexibility index (Phi) is 3.61. The van der Waals surface area contributed by atoms with Crippen molar-refractivity contribution >= 4 is 5.69 Å². The van der Waals surface area contributed by atoms with E-state index in [4.69, 9.17) is 0 Å². The fourth-order valence-electron chi connectivity index (χ4n) is 1.88. The molecule has 0 radical (unpaired) electrons. The maximum Gasteiger partial charge on any atom is 0.122 e. The average molecular weight is 207 g/mol. The highest BCUT2D eigenvalue weighted by Crippen LogP contribution is 2.32. The largest absolute Gasteiger partial charge is 0.507 e. The first-order chi connectivity index (χ1) is 6.99. The highest BCUT2D eigenvalue weighted by atomic mass is 16.3. The molecular formula is C13H21NO. The Morgan fingerprint density at radius 2 is 1.80 bits per heavy atom. The summed E-state index contributed by atoms with van der Waals surface area (Å²) in [4.78, 5) is 2.10. The van der Waals surface area contributed by atoms with Crippen molar-refractivity contribution < 1.29 is 5.11 Å². The lowest BCUT2D eigenvalue weighted by atomic mass is 9.99. The van der Waals surface area contributed by atoms with Gasteiger partial charge < -0.3 is 10.0 Å². The number of hydrogen-bond acceptors (Lipinski definition) is 2. The third-order valence-corrected chi connectivity index (χ3v) is 2.92. The Morgan fingerprint density at radius 3 is 2.27 bits per heavy atom. The van der Waals surface area contributed by atoms with E-state index in [1.165, 1.54) is 5.69 Å². The van der Waals surface area contributed by atoms with E-state index in [2.05, 4.69) is 24.8 Å². The second-order valence-corrected chi connectivity index (χ2v) is 4.30. The van der Waals surface area contributed by atoms with Crippen molar-refractivity contribution in [3.63, 3.8) is 0 Å². The molecule has 15 heavy (non-hydrogen) atoms. The van der Waals surface area contributed by atoms with E-state index in [1.807, 2.05) is 21.0 Å². The van der Waals surface area contributed by atoms with Gasteiger partial charge in [0, 0.05) is 19.8 Å². The molecular weight excluding hydrogens is 186 g/mol. The summed E-state index contributed by atoms with van der Waals surface area (Å²) in [6, 6.07) is 2.10. The topological polar surface area (TPSA) is 23.5 Å². The van der Waals surface area contributed by atoms with Crippen LogP contribution in [0.5, 0.6) is 5.75 Å². The number of phenolic OH excluding ortho intramolecular Hbond substituents is 1. The first-order valence-electron chi connectivity index (χ1n) is 5.48. The minimum absolute atomic E-state index is 0.472. The molecule has 2 nitrogen and oxygen atoms in total. The molecule has 1 aromatic carbocycles. The van der Waals surface area contributed by atoms with Gasteiger partial charge >= 0.3 is 0 Å². The van der Waals surface area contributed by atoms with Crippen molar-refractivity contribution in [3.05, 3.63) is 22.8 Å². The molecule has 0 heterocycles. The van der Waals surface area contributed by atoms with Gasteiger partial charge in [-0.15, -0.1) is 0 Å². The van der Waals surface area contributed by atoms with Gasteiger partial charge in [0.25, 0.3) is 0 Å². The van der Waals surface area contributed by atoms with Gasteiger partial charge in [-0.25, -0.2) is 0 Å². The molecule has 0 aliphatic rings. The molecule has 0 saturated carbocycles. The number of hydrogen-bond donors (Lipinski definition) is 1. The zero-order valence-electron chi connectivity index (χ0n) is 10.4. The zero-order valence-corrected chi connectivity index (χ0v) is 10.4. The summed E-state index contributed by atoms with van der Waals surface area (Å²) in [6.45, 7) is 6.17. The maximum absolute atomic E-state index is 10.00. The van der Waals surface area contributed by atoms with Gasteiger partial charge in [-0.2, -0.15) is 0 Å². The molecule has 0 aliphatic heterocycles. The lowest BCUT2D eigenvalue weighted by molar-refractivity contribution is 0.463. The van der Waals surface area contributed by atoms with Crippen LogP contribution in [0.15, 0.2) is 6.07 Å². The van der Waals surface area contributed by atoms with Gasteiger partial charge in [-0.1, -0.05) is 13.3 Å². The number of benzene rings is 1. The highest BCUT2D eigenvalue weighted by Gasteiger charge is 2.12. The van der Waals surface area contributed by atoms with Gasteiger partial charge in [0.2, 0.25) is 0 Å². The van der Waals surface area contributed by atoms with Crippen LogP contribution in [0.25, 0.3) is 0 Å². The lowest BCUT2D eigenvalue weighted by Crippen LogP contribution is -2.11. The molecule has 0 atom stereocenters. The van der Waals surface area contributed by atoms with Crippen molar-refractivity contribution in [2.45, 2.75) is 33.6 Å².